The highest BCUT2D eigenvalue weighted by Crippen LogP contribution is 2.19. The van der Waals surface area contributed by atoms with E-state index in [2.05, 4.69) is 44.3 Å². The lowest BCUT2D eigenvalue weighted by molar-refractivity contribution is -0.139. The van der Waals surface area contributed by atoms with E-state index in [1.54, 1.807) is 28.8 Å². The van der Waals surface area contributed by atoms with E-state index in [0.29, 0.717) is 13.0 Å². The summed E-state index contributed by atoms with van der Waals surface area (Å²) in [7, 11) is 0. The molecule has 0 fully saturated rings. The van der Waals surface area contributed by atoms with Gasteiger partial charge in [-0.3, -0.25) is 9.59 Å². The highest BCUT2D eigenvalue weighted by molar-refractivity contribution is 7.99. The fraction of sp³-hybridized carbons (Fsp3) is 0.462. The van der Waals surface area contributed by atoms with Crippen LogP contribution in [0.15, 0.2) is 42.5 Å². The van der Waals surface area contributed by atoms with Gasteiger partial charge in [-0.15, -0.1) is 11.8 Å². The molecule has 2 rings (SSSR count). The van der Waals surface area contributed by atoms with Crippen molar-refractivity contribution in [1.82, 2.24) is 10.2 Å². The molecule has 0 aliphatic rings. The minimum atomic E-state index is -0.550. The molecule has 0 aromatic heterocycles. The second-order valence-corrected chi connectivity index (χ2v) is 9.19. The summed E-state index contributed by atoms with van der Waals surface area (Å²) in [4.78, 5) is 27.7. The number of halogens is 1. The van der Waals surface area contributed by atoms with Crippen molar-refractivity contribution in [2.24, 2.45) is 0 Å². The summed E-state index contributed by atoms with van der Waals surface area (Å²) >= 11 is 1.55. The third kappa shape index (κ3) is 8.30. The fourth-order valence-electron chi connectivity index (χ4n) is 3.70. The van der Waals surface area contributed by atoms with Crippen LogP contribution in [0.1, 0.15) is 55.4 Å². The zero-order chi connectivity index (χ0) is 23.5. The second-order valence-electron chi connectivity index (χ2n) is 8.21. The normalized spacial score (nSPS) is 11.8. The number of carbonyl (C=O) groups excluding carboxylic acids is 2. The van der Waals surface area contributed by atoms with E-state index in [-0.39, 0.29) is 29.9 Å². The molecule has 174 valence electrons. The van der Waals surface area contributed by atoms with Crippen LogP contribution in [0.3, 0.4) is 0 Å². The summed E-state index contributed by atoms with van der Waals surface area (Å²) in [6.07, 6.45) is 2.41. The Morgan fingerprint density at radius 3 is 2.28 bits per heavy atom. The number of carbonyl (C=O) groups is 2. The Hall–Kier alpha value is -2.34. The lowest BCUT2D eigenvalue weighted by atomic mass is 10.1. The first-order chi connectivity index (χ1) is 15.3. The predicted octanol–water partition coefficient (Wildman–Crippen LogP) is 5.40. The molecular weight excluding hydrogens is 423 g/mol. The number of thioether (sulfide) groups is 1. The van der Waals surface area contributed by atoms with Crippen LogP contribution in [-0.2, 0) is 21.9 Å². The van der Waals surface area contributed by atoms with E-state index in [1.807, 2.05) is 6.92 Å². The molecule has 0 saturated heterocycles. The molecule has 32 heavy (non-hydrogen) atoms. The summed E-state index contributed by atoms with van der Waals surface area (Å²) in [5.41, 5.74) is 4.41. The van der Waals surface area contributed by atoms with Crippen LogP contribution >= 0.6 is 11.8 Å². The fourth-order valence-corrected chi connectivity index (χ4v) is 4.55. The zero-order valence-electron chi connectivity index (χ0n) is 19.6. The third-order valence-electron chi connectivity index (χ3n) is 5.26. The first-order valence-electron chi connectivity index (χ1n) is 11.3. The minimum absolute atomic E-state index is 0.0822. The maximum atomic E-state index is 13.3. The standard InChI is InChI=1S/C26H35FN2O2S/c1-5-7-12-28-26(31)24(6-2)29(16-21-8-10-23(27)11-9-21)25(30)18-32-17-22-14-19(3)13-20(4)15-22/h8-11,13-15,24H,5-7,12,16-18H2,1-4H3,(H,28,31)/t24-/m0/s1. The van der Waals surface area contributed by atoms with Gasteiger partial charge in [-0.25, -0.2) is 4.39 Å². The topological polar surface area (TPSA) is 49.4 Å². The van der Waals surface area contributed by atoms with Crippen LogP contribution in [0, 0.1) is 19.7 Å². The van der Waals surface area contributed by atoms with E-state index in [9.17, 15) is 14.0 Å². The molecule has 0 unspecified atom stereocenters. The van der Waals surface area contributed by atoms with E-state index in [4.69, 9.17) is 0 Å². The Morgan fingerprint density at radius 1 is 1.03 bits per heavy atom. The molecule has 0 heterocycles. The number of aryl methyl sites for hydroxylation is 2. The van der Waals surface area contributed by atoms with Gasteiger partial charge in [-0.1, -0.05) is 61.7 Å². The highest BCUT2D eigenvalue weighted by Gasteiger charge is 2.28. The summed E-state index contributed by atoms with van der Waals surface area (Å²) < 4.78 is 13.3. The SMILES string of the molecule is CCCCNC(=O)[C@H](CC)N(Cc1ccc(F)cc1)C(=O)CSCc1cc(C)cc(C)c1. The number of nitrogens with zero attached hydrogens (tertiary/aromatic N) is 1. The number of unbranched alkanes of at least 4 members (excludes halogenated alkanes) is 1. The Labute approximate surface area is 196 Å². The Balaban J connectivity index is 2.11. The second kappa shape index (κ2) is 13.3. The zero-order valence-corrected chi connectivity index (χ0v) is 20.4. The van der Waals surface area contributed by atoms with Crippen molar-refractivity contribution in [1.29, 1.82) is 0 Å². The molecule has 2 amide bonds. The van der Waals surface area contributed by atoms with Gasteiger partial charge in [0.05, 0.1) is 5.75 Å². The molecule has 2 aromatic carbocycles. The average Bonchev–Trinajstić information content (AvgIpc) is 2.74. The average molecular weight is 459 g/mol. The Kier molecular flexibility index (Phi) is 10.7. The van der Waals surface area contributed by atoms with Crippen molar-refractivity contribution >= 4 is 23.6 Å². The van der Waals surface area contributed by atoms with E-state index in [0.717, 1.165) is 24.2 Å². The maximum absolute atomic E-state index is 13.3. The molecule has 6 heteroatoms. The molecule has 0 saturated carbocycles. The van der Waals surface area contributed by atoms with Gasteiger partial charge < -0.3 is 10.2 Å². The van der Waals surface area contributed by atoms with Gasteiger partial charge >= 0.3 is 0 Å². The lowest BCUT2D eigenvalue weighted by Crippen LogP contribution is -2.49. The first-order valence-corrected chi connectivity index (χ1v) is 12.5. The van der Waals surface area contributed by atoms with E-state index >= 15 is 0 Å². The molecule has 1 atom stereocenters. The van der Waals surface area contributed by atoms with Crippen molar-refractivity contribution in [3.05, 3.63) is 70.5 Å². The molecule has 0 spiro atoms. The summed E-state index contributed by atoms with van der Waals surface area (Å²) in [6, 6.07) is 12.0. The van der Waals surface area contributed by atoms with E-state index < -0.39 is 6.04 Å². The van der Waals surface area contributed by atoms with Gasteiger partial charge in [0.25, 0.3) is 0 Å². The Bertz CT molecular complexity index is 866. The quantitative estimate of drug-likeness (QED) is 0.433. The van der Waals surface area contributed by atoms with Gasteiger partial charge in [0.1, 0.15) is 11.9 Å². The maximum Gasteiger partial charge on any atom is 0.242 e. The van der Waals surface area contributed by atoms with E-state index in [1.165, 1.54) is 28.8 Å². The summed E-state index contributed by atoms with van der Waals surface area (Å²) in [6.45, 7) is 9.01. The molecule has 4 nitrogen and oxygen atoms in total. The van der Waals surface area contributed by atoms with Crippen molar-refractivity contribution in [2.75, 3.05) is 12.3 Å². The third-order valence-corrected chi connectivity index (χ3v) is 6.25. The number of hydrogen-bond acceptors (Lipinski definition) is 3. The van der Waals surface area contributed by atoms with Crippen LogP contribution in [0.5, 0.6) is 0 Å². The number of amides is 2. The Morgan fingerprint density at radius 2 is 1.69 bits per heavy atom. The van der Waals surface area contributed by atoms with Gasteiger partial charge in [0.2, 0.25) is 11.8 Å². The predicted molar refractivity (Wildman–Crippen MR) is 131 cm³/mol. The van der Waals surface area contributed by atoms with Crippen LogP contribution in [-0.4, -0.2) is 35.1 Å². The lowest BCUT2D eigenvalue weighted by Gasteiger charge is -2.30. The summed E-state index contributed by atoms with van der Waals surface area (Å²) in [5, 5.41) is 2.96. The van der Waals surface area contributed by atoms with Crippen LogP contribution in [0.4, 0.5) is 4.39 Å². The molecule has 2 aromatic rings. The monoisotopic (exact) mass is 458 g/mol. The van der Waals surface area contributed by atoms with Crippen LogP contribution in [0.2, 0.25) is 0 Å². The number of nitrogens with one attached hydrogen (secondary N) is 1. The summed E-state index contributed by atoms with van der Waals surface area (Å²) in [5.74, 6) is 0.488. The molecule has 0 bridgehead atoms. The van der Waals surface area contributed by atoms with Gasteiger partial charge in [-0.05, 0) is 49.9 Å². The van der Waals surface area contributed by atoms with Gasteiger partial charge in [0, 0.05) is 18.8 Å². The molecule has 0 aliphatic heterocycles. The molecule has 1 N–H and O–H groups in total. The smallest absolute Gasteiger partial charge is 0.242 e. The highest BCUT2D eigenvalue weighted by atomic mass is 32.2. The molecular formula is C26H35FN2O2S. The van der Waals surface area contributed by atoms with Gasteiger partial charge in [-0.2, -0.15) is 0 Å². The van der Waals surface area contributed by atoms with Crippen LogP contribution < -0.4 is 5.32 Å². The van der Waals surface area contributed by atoms with Crippen molar-refractivity contribution in [2.45, 2.75) is 65.3 Å². The molecule has 0 aliphatic carbocycles. The molecule has 0 radical (unpaired) electrons. The number of rotatable bonds is 12. The number of benzene rings is 2. The van der Waals surface area contributed by atoms with Crippen molar-refractivity contribution in [3.8, 4) is 0 Å². The first kappa shape index (κ1) is 25.9. The van der Waals surface area contributed by atoms with Crippen molar-refractivity contribution < 1.29 is 14.0 Å². The largest absolute Gasteiger partial charge is 0.354 e. The van der Waals surface area contributed by atoms with Gasteiger partial charge in [0.15, 0.2) is 0 Å². The van der Waals surface area contributed by atoms with Crippen molar-refractivity contribution in [3.63, 3.8) is 0 Å². The number of hydrogen-bond donors (Lipinski definition) is 1. The minimum Gasteiger partial charge on any atom is -0.354 e. The van der Waals surface area contributed by atoms with Crippen LogP contribution in [0.25, 0.3) is 0 Å².